The molecule has 0 atom stereocenters. The minimum Gasteiger partial charge on any atom is 0 e. The molecule has 5 heavy (non-hydrogen) atoms. The molecular weight excluding hydrogens is 232 g/mol. The number of rotatable bonds is 0. The second-order valence-corrected chi connectivity index (χ2v) is 0. The van der Waals surface area contributed by atoms with Crippen molar-refractivity contribution in [1.29, 1.82) is 0 Å². The van der Waals surface area contributed by atoms with E-state index in [9.17, 15) is 0 Å². The van der Waals surface area contributed by atoms with Crippen LogP contribution in [-0.2, 0) is 62.5 Å². The number of hydrogen-bond donors (Lipinski definition) is 1. The zero-order valence-electron chi connectivity index (χ0n) is 2.25. The van der Waals surface area contributed by atoms with Crippen LogP contribution >= 0.6 is 0 Å². The van der Waals surface area contributed by atoms with Crippen molar-refractivity contribution in [2.75, 3.05) is 0 Å². The molecule has 0 aromatic carbocycles. The molecule has 0 fully saturated rings. The Morgan fingerprint density at radius 3 is 1.20 bits per heavy atom. The molecule has 0 amide bonds. The first-order chi connectivity index (χ1) is 1.00. The van der Waals surface area contributed by atoms with Crippen LogP contribution in [-0.4, -0.2) is 9.24 Å². The van der Waals surface area contributed by atoms with Crippen molar-refractivity contribution in [3.8, 4) is 0 Å². The molecule has 0 heterocycles. The Morgan fingerprint density at radius 1 is 1.20 bits per heavy atom. The zero-order chi connectivity index (χ0) is 2.00. The molecule has 2 nitrogen and oxygen atoms in total. The van der Waals surface area contributed by atoms with Gasteiger partial charge in [-0.2, -0.15) is 0 Å². The summed E-state index contributed by atoms with van der Waals surface area (Å²) in [6, 6.07) is 0. The van der Waals surface area contributed by atoms with Crippen molar-refractivity contribution in [2.45, 2.75) is 0 Å². The number of hydrogen-bond acceptors (Lipinski definition) is 1. The van der Waals surface area contributed by atoms with Gasteiger partial charge in [0, 0.05) is 42.3 Å². The fourth-order valence-corrected chi connectivity index (χ4v) is 0. The van der Waals surface area contributed by atoms with Gasteiger partial charge in [-0.3, -0.25) is 0 Å². The maximum Gasteiger partial charge on any atom is 0 e. The van der Waals surface area contributed by atoms with Gasteiger partial charge in [0.15, 0.2) is 0 Å². The Labute approximate surface area is 71.1 Å². The molecule has 5 heteroatoms. The molecule has 0 unspecified atom stereocenters. The van der Waals surface area contributed by atoms with E-state index in [1.807, 2.05) is 0 Å². The summed E-state index contributed by atoms with van der Waals surface area (Å²) in [7, 11) is 0. The fourth-order valence-electron chi connectivity index (χ4n) is 0. The van der Waals surface area contributed by atoms with Crippen LogP contribution < -0.4 is 0 Å². The average molecular weight is 235 g/mol. The molecule has 34 valence electrons. The molecule has 0 spiro atoms. The summed E-state index contributed by atoms with van der Waals surface area (Å²) in [5.74, 6) is 0. The van der Waals surface area contributed by atoms with E-state index in [-0.39, 0.29) is 47.8 Å². The van der Waals surface area contributed by atoms with Crippen LogP contribution in [0.2, 0.25) is 0 Å². The van der Waals surface area contributed by atoms with Crippen LogP contribution in [0.4, 0.5) is 0 Å². The van der Waals surface area contributed by atoms with Crippen molar-refractivity contribution < 1.29 is 71.8 Å². The van der Waals surface area contributed by atoms with Gasteiger partial charge in [-0.1, -0.05) is 0 Å². The molecule has 0 aliphatic carbocycles. The van der Waals surface area contributed by atoms with Crippen molar-refractivity contribution in [1.82, 2.24) is 0 Å². The smallest absolute Gasteiger partial charge is 0 e. The SMILES string of the molecule is O.[Ni].[OH][Mo].[Sc]. The van der Waals surface area contributed by atoms with Gasteiger partial charge in [-0.05, 0) is 0 Å². The Balaban J connectivity index is -0.00000000167. The fraction of sp³-hybridized carbons (Fsp3) is 0. The minimum absolute atomic E-state index is 0. The third kappa shape index (κ3) is 24.2. The molecule has 0 aliphatic heterocycles. The molecule has 0 saturated heterocycles. The molecular formula is H3MoNiO2Sc. The van der Waals surface area contributed by atoms with E-state index in [1.54, 1.807) is 0 Å². The van der Waals surface area contributed by atoms with Gasteiger partial charge in [-0.15, -0.1) is 0 Å². The molecule has 0 saturated carbocycles. The van der Waals surface area contributed by atoms with E-state index in [0.717, 1.165) is 20.2 Å². The van der Waals surface area contributed by atoms with Crippen LogP contribution in [0.15, 0.2) is 0 Å². The van der Waals surface area contributed by atoms with Crippen LogP contribution in [0.3, 0.4) is 0 Å². The van der Waals surface area contributed by atoms with E-state index in [2.05, 4.69) is 0 Å². The quantitative estimate of drug-likeness (QED) is 0.516. The van der Waals surface area contributed by atoms with Gasteiger partial charge in [0.25, 0.3) is 0 Å². The molecule has 0 aliphatic rings. The Hall–Kier alpha value is 1.97. The summed E-state index contributed by atoms with van der Waals surface area (Å²) >= 11 is 0.950. The first-order valence-corrected chi connectivity index (χ1v) is 1.08. The summed E-state index contributed by atoms with van der Waals surface area (Å²) in [6.45, 7) is 0. The van der Waals surface area contributed by atoms with Gasteiger partial charge in [0.05, 0.1) is 0 Å². The van der Waals surface area contributed by atoms with Crippen LogP contribution in [0.5, 0.6) is 0 Å². The summed E-state index contributed by atoms with van der Waals surface area (Å²) < 4.78 is 7.01. The van der Waals surface area contributed by atoms with Crippen molar-refractivity contribution >= 4 is 0 Å². The van der Waals surface area contributed by atoms with Crippen molar-refractivity contribution in [3.63, 3.8) is 0 Å². The summed E-state index contributed by atoms with van der Waals surface area (Å²) in [5.41, 5.74) is 0. The predicted molar refractivity (Wildman–Crippen MR) is 5.83 cm³/mol. The van der Waals surface area contributed by atoms with Crippen LogP contribution in [0.25, 0.3) is 0 Å². The van der Waals surface area contributed by atoms with Crippen LogP contribution in [0.1, 0.15) is 0 Å². The third-order valence-corrected chi connectivity index (χ3v) is 0. The van der Waals surface area contributed by atoms with Gasteiger partial charge >= 0.3 is 24.0 Å². The van der Waals surface area contributed by atoms with E-state index in [4.69, 9.17) is 3.76 Å². The van der Waals surface area contributed by atoms with Gasteiger partial charge in [0.2, 0.25) is 0 Å². The molecule has 0 rings (SSSR count). The second kappa shape index (κ2) is 38.0. The molecule has 0 aromatic heterocycles. The summed E-state index contributed by atoms with van der Waals surface area (Å²) in [4.78, 5) is 0. The first-order valence-electron chi connectivity index (χ1n) is 0.183. The van der Waals surface area contributed by atoms with Crippen molar-refractivity contribution in [2.24, 2.45) is 0 Å². The third-order valence-electron chi connectivity index (χ3n) is 0. The van der Waals surface area contributed by atoms with E-state index in [0.29, 0.717) is 0 Å². The van der Waals surface area contributed by atoms with E-state index < -0.39 is 0 Å². The second-order valence-electron chi connectivity index (χ2n) is 0. The topological polar surface area (TPSA) is 51.7 Å². The standard InChI is InChI=1S/Mo.Ni.2H2O.Sc/h;;2*1H2;/q+1;;;;/p-1. The van der Waals surface area contributed by atoms with Crippen molar-refractivity contribution in [3.05, 3.63) is 0 Å². The molecule has 1 radical (unpaired) electrons. The Bertz CT molecular complexity index is 9.61. The first kappa shape index (κ1) is 28.2. The van der Waals surface area contributed by atoms with Gasteiger partial charge in [0.1, 0.15) is 0 Å². The van der Waals surface area contributed by atoms with Gasteiger partial charge < -0.3 is 5.48 Å². The predicted octanol–water partition coefficient (Wildman–Crippen LogP) is -1.39. The maximum atomic E-state index is 7.01. The summed E-state index contributed by atoms with van der Waals surface area (Å²) in [6.07, 6.45) is 0. The molecule has 3 N–H and O–H groups in total. The average Bonchev–Trinajstić information content (AvgIpc) is 1.00. The largest absolute Gasteiger partial charge is 0 e. The molecule has 0 aromatic rings. The maximum absolute atomic E-state index is 7.01. The molecule has 0 bridgehead atoms. The van der Waals surface area contributed by atoms with Gasteiger partial charge in [-0.25, -0.2) is 0 Å². The van der Waals surface area contributed by atoms with Crippen LogP contribution in [0, 0.1) is 0 Å². The van der Waals surface area contributed by atoms with E-state index >= 15 is 0 Å². The zero-order valence-corrected chi connectivity index (χ0v) is 7.05. The Morgan fingerprint density at radius 2 is 1.20 bits per heavy atom. The van der Waals surface area contributed by atoms with E-state index in [1.165, 1.54) is 0 Å². The monoisotopic (exact) mass is 236 g/mol. The Kier molecular flexibility index (Phi) is 214. The normalized spacial score (nSPS) is 1.00. The summed E-state index contributed by atoms with van der Waals surface area (Å²) in [5, 5.41) is 0. The minimum atomic E-state index is 0.